The molecule has 7 heteroatoms. The number of alkyl halides is 1. The maximum atomic E-state index is 13.8. The lowest BCUT2D eigenvalue weighted by Crippen LogP contribution is -2.30. The maximum absolute atomic E-state index is 13.8. The van der Waals surface area contributed by atoms with Gasteiger partial charge >= 0.3 is 0 Å². The minimum atomic E-state index is -0.0418. The average Bonchev–Trinajstić information content (AvgIpc) is 3.58. The number of aromatic amines is 1. The number of carbonyl (C=O) groups excluding carboxylic acids is 1. The van der Waals surface area contributed by atoms with Crippen molar-refractivity contribution in [1.29, 1.82) is 0 Å². The van der Waals surface area contributed by atoms with Crippen molar-refractivity contribution in [2.24, 2.45) is 0 Å². The second kappa shape index (κ2) is 13.0. The van der Waals surface area contributed by atoms with Gasteiger partial charge in [-0.1, -0.05) is 36.4 Å². The Balaban J connectivity index is 0.000000531. The highest BCUT2D eigenvalue weighted by Crippen LogP contribution is 2.46. The van der Waals surface area contributed by atoms with Crippen molar-refractivity contribution in [1.82, 2.24) is 4.98 Å². The summed E-state index contributed by atoms with van der Waals surface area (Å²) in [7, 11) is 3.32. The number of amides is 1. The Morgan fingerprint density at radius 3 is 2.46 bits per heavy atom. The number of methoxy groups -OCH3 is 2. The first kappa shape index (κ1) is 28.5. The number of allylic oxidation sites excluding steroid dienone is 1. The van der Waals surface area contributed by atoms with Crippen molar-refractivity contribution >= 4 is 50.6 Å². The number of halogens is 1. The number of carbonyl (C=O) groups is 1. The van der Waals surface area contributed by atoms with E-state index in [-0.39, 0.29) is 11.8 Å². The zero-order valence-corrected chi connectivity index (χ0v) is 24.2. The fourth-order valence-corrected chi connectivity index (χ4v) is 5.51. The van der Waals surface area contributed by atoms with Gasteiger partial charge in [-0.2, -0.15) is 0 Å². The van der Waals surface area contributed by atoms with Crippen molar-refractivity contribution < 1.29 is 14.3 Å². The van der Waals surface area contributed by atoms with Crippen LogP contribution < -0.4 is 14.5 Å². The molecule has 1 atom stereocenters. The summed E-state index contributed by atoms with van der Waals surface area (Å²) in [5, 5.41) is 3.34. The number of ether oxygens (including phenoxy) is 2. The lowest BCUT2D eigenvalue weighted by atomic mass is 9.94. The molecule has 1 aliphatic heterocycles. The van der Waals surface area contributed by atoms with Gasteiger partial charge in [0, 0.05) is 60.5 Å². The zero-order valence-electron chi connectivity index (χ0n) is 23.5. The Morgan fingerprint density at radius 2 is 1.85 bits per heavy atom. The first-order chi connectivity index (χ1) is 19.0. The third-order valence-electron chi connectivity index (χ3n) is 7.24. The number of aromatic nitrogens is 1. The fraction of sp³-hybridized carbons (Fsp3) is 0.344. The van der Waals surface area contributed by atoms with E-state index in [9.17, 15) is 4.79 Å². The first-order valence-electron chi connectivity index (χ1n) is 13.5. The molecule has 1 N–H and O–H groups in total. The van der Waals surface area contributed by atoms with Crippen molar-refractivity contribution in [3.63, 3.8) is 0 Å². The third-order valence-corrected chi connectivity index (χ3v) is 7.61. The molecule has 39 heavy (non-hydrogen) atoms. The highest BCUT2D eigenvalue weighted by molar-refractivity contribution is 6.19. The molecule has 1 aliphatic rings. The van der Waals surface area contributed by atoms with Crippen LogP contribution in [0.2, 0.25) is 0 Å². The van der Waals surface area contributed by atoms with Gasteiger partial charge < -0.3 is 24.3 Å². The summed E-state index contributed by atoms with van der Waals surface area (Å²) in [5.41, 5.74) is 4.76. The second-order valence-electron chi connectivity index (χ2n) is 9.47. The summed E-state index contributed by atoms with van der Waals surface area (Å²) >= 11 is 6.44. The van der Waals surface area contributed by atoms with Crippen LogP contribution in [0.1, 0.15) is 42.7 Å². The fourth-order valence-electron chi connectivity index (χ4n) is 5.26. The van der Waals surface area contributed by atoms with E-state index in [4.69, 9.17) is 21.1 Å². The Morgan fingerprint density at radius 1 is 1.10 bits per heavy atom. The van der Waals surface area contributed by atoms with Gasteiger partial charge in [0.2, 0.25) is 0 Å². The standard InChI is InChI=1S/C27H28ClN3O2.C5H10O/c1-4-30(5-2)24-14-25-26(21-9-7-6-8-20(21)24)18(15-28)16-31(25)27(32)23-13-17-12-19(33-3)10-11-22(17)29-23;1-3-4-5-6-2/h6-14,18,29H,4-5,15-16H2,1-3H3;3-4H,5H2,1-2H3/b;4-3-. The molecular weight excluding hydrogens is 510 g/mol. The number of rotatable bonds is 8. The monoisotopic (exact) mass is 547 g/mol. The van der Waals surface area contributed by atoms with Crippen LogP contribution in [0.5, 0.6) is 5.75 Å². The molecular formula is C32H38ClN3O3. The first-order valence-corrected chi connectivity index (χ1v) is 14.0. The minimum absolute atomic E-state index is 0.0418. The number of nitrogens with zero attached hydrogens (tertiary/aromatic N) is 2. The molecule has 0 saturated carbocycles. The second-order valence-corrected chi connectivity index (χ2v) is 9.78. The van der Waals surface area contributed by atoms with E-state index < -0.39 is 0 Å². The molecule has 1 amide bonds. The van der Waals surface area contributed by atoms with Gasteiger partial charge in [-0.25, -0.2) is 0 Å². The maximum Gasteiger partial charge on any atom is 0.274 e. The number of hydrogen-bond donors (Lipinski definition) is 1. The number of hydrogen-bond acceptors (Lipinski definition) is 4. The van der Waals surface area contributed by atoms with Crippen molar-refractivity contribution in [3.8, 4) is 5.75 Å². The van der Waals surface area contributed by atoms with E-state index >= 15 is 0 Å². The SMILES string of the molecule is C/C=C\COC.CCN(CC)c1cc2c(c3ccccc13)C(CCl)CN2C(=O)c1cc2cc(OC)ccc2[nH]1. The molecule has 0 radical (unpaired) electrons. The van der Waals surface area contributed by atoms with E-state index in [0.29, 0.717) is 18.1 Å². The molecule has 0 spiro atoms. The van der Waals surface area contributed by atoms with E-state index in [1.54, 1.807) is 14.2 Å². The highest BCUT2D eigenvalue weighted by atomic mass is 35.5. The number of H-pyrrole nitrogens is 1. The van der Waals surface area contributed by atoms with Crippen LogP contribution in [0.25, 0.3) is 21.7 Å². The molecule has 2 heterocycles. The van der Waals surface area contributed by atoms with Gasteiger partial charge in [0.05, 0.1) is 19.4 Å². The minimum Gasteiger partial charge on any atom is -0.497 e. The molecule has 1 aromatic heterocycles. The van der Waals surface area contributed by atoms with Crippen LogP contribution in [-0.4, -0.2) is 57.2 Å². The molecule has 5 rings (SSSR count). The lowest BCUT2D eigenvalue weighted by molar-refractivity contribution is 0.0984. The summed E-state index contributed by atoms with van der Waals surface area (Å²) in [6, 6.07) is 18.3. The van der Waals surface area contributed by atoms with Gasteiger partial charge in [-0.05, 0) is 62.1 Å². The number of benzene rings is 3. The molecule has 0 aliphatic carbocycles. The Bertz CT molecular complexity index is 1460. The average molecular weight is 548 g/mol. The summed E-state index contributed by atoms with van der Waals surface area (Å²) in [5.74, 6) is 1.28. The predicted molar refractivity (Wildman–Crippen MR) is 164 cm³/mol. The topological polar surface area (TPSA) is 57.8 Å². The van der Waals surface area contributed by atoms with Gasteiger partial charge in [-0.3, -0.25) is 4.79 Å². The third kappa shape index (κ3) is 5.77. The van der Waals surface area contributed by atoms with Crippen LogP contribution in [0.4, 0.5) is 11.4 Å². The van der Waals surface area contributed by atoms with Gasteiger partial charge in [0.1, 0.15) is 11.4 Å². The van der Waals surface area contributed by atoms with Crippen LogP contribution in [0.15, 0.2) is 66.7 Å². The van der Waals surface area contributed by atoms with Crippen molar-refractivity contribution in [3.05, 3.63) is 78.0 Å². The normalized spacial score (nSPS) is 14.5. The van der Waals surface area contributed by atoms with Crippen LogP contribution in [0, 0.1) is 0 Å². The molecule has 0 bridgehead atoms. The summed E-state index contributed by atoms with van der Waals surface area (Å²) in [6.07, 6.45) is 3.92. The van der Waals surface area contributed by atoms with Crippen LogP contribution >= 0.6 is 11.6 Å². The van der Waals surface area contributed by atoms with Crippen LogP contribution in [-0.2, 0) is 4.74 Å². The number of nitrogens with one attached hydrogen (secondary N) is 1. The molecule has 0 saturated heterocycles. The number of anilines is 2. The predicted octanol–water partition coefficient (Wildman–Crippen LogP) is 7.37. The summed E-state index contributed by atoms with van der Waals surface area (Å²) < 4.78 is 10.0. The van der Waals surface area contributed by atoms with Crippen molar-refractivity contribution in [2.45, 2.75) is 26.7 Å². The Kier molecular flexibility index (Phi) is 9.54. The summed E-state index contributed by atoms with van der Waals surface area (Å²) in [6.45, 7) is 9.40. The van der Waals surface area contributed by atoms with Gasteiger partial charge in [0.25, 0.3) is 5.91 Å². The largest absolute Gasteiger partial charge is 0.497 e. The van der Waals surface area contributed by atoms with E-state index in [1.807, 2.05) is 48.2 Å². The number of fused-ring (bicyclic) bond motifs is 4. The zero-order chi connectivity index (χ0) is 27.9. The summed E-state index contributed by atoms with van der Waals surface area (Å²) in [4.78, 5) is 21.3. The highest BCUT2D eigenvalue weighted by Gasteiger charge is 2.35. The van der Waals surface area contributed by atoms with E-state index in [2.05, 4.69) is 54.1 Å². The van der Waals surface area contributed by atoms with Gasteiger partial charge in [0.15, 0.2) is 0 Å². The van der Waals surface area contributed by atoms with Gasteiger partial charge in [-0.15, -0.1) is 11.6 Å². The Hall–Kier alpha value is -3.48. The van der Waals surface area contributed by atoms with Crippen LogP contribution in [0.3, 0.4) is 0 Å². The quantitative estimate of drug-likeness (QED) is 0.185. The molecule has 206 valence electrons. The molecule has 1 unspecified atom stereocenters. The van der Waals surface area contributed by atoms with E-state index in [0.717, 1.165) is 47.7 Å². The molecule has 0 fully saturated rings. The van der Waals surface area contributed by atoms with E-state index in [1.165, 1.54) is 16.3 Å². The molecule has 3 aromatic carbocycles. The Labute approximate surface area is 236 Å². The lowest BCUT2D eigenvalue weighted by Gasteiger charge is -2.26. The molecule has 6 nitrogen and oxygen atoms in total. The molecule has 4 aromatic rings. The smallest absolute Gasteiger partial charge is 0.274 e. The van der Waals surface area contributed by atoms with Crippen molar-refractivity contribution in [2.75, 3.05) is 56.1 Å².